The first-order valence-electron chi connectivity index (χ1n) is 24.5. The third-order valence-corrected chi connectivity index (χ3v) is 14.9. The van der Waals surface area contributed by atoms with Gasteiger partial charge in [-0.3, -0.25) is 37.7 Å². The molecule has 2 aromatic heterocycles. The van der Waals surface area contributed by atoms with Gasteiger partial charge in [-0.05, 0) is 66.9 Å². The molecule has 2 aliphatic rings. The van der Waals surface area contributed by atoms with Crippen LogP contribution in [-0.4, -0.2) is 115 Å². The van der Waals surface area contributed by atoms with E-state index in [0.29, 0.717) is 28.2 Å². The van der Waals surface area contributed by atoms with Crippen LogP contribution in [0.15, 0.2) is 160 Å². The molecule has 2 saturated heterocycles. The van der Waals surface area contributed by atoms with Gasteiger partial charge in [-0.2, -0.15) is 0 Å². The molecule has 0 aliphatic carbocycles. The number of aliphatic hydroxyl groups is 1. The standard InChI is InChI=1S/C55H60ClN4O16P/c1-7-26-69-30-43-47(59-28-34(3)51(62)57-53(59)64)49(61)45(73-43)33-72-77(66,75-42-17-13-12-16-41(42)56)76-50-46(74-44(31-70-27-8-2)48(50)60-29-35(4)52(63)58-54(60)65)32-71-55(36-14-10-9-11-15-36,37-18-22-39(67-5)23-19-37)38-20-24-40(68-6)25-21-38/h7-25,28-29,43-50,61H,1-2,26-27,30-33H2,3-6H3,(H,57,62,64)(H,58,63,65)/t43-,44-,45-,46-,47-,48-,49-,50-,77?/m0/s1. The average Bonchev–Trinajstić information content (AvgIpc) is 3.95. The van der Waals surface area contributed by atoms with Gasteiger partial charge >= 0.3 is 19.2 Å². The molecular weight excluding hydrogens is 1040 g/mol. The van der Waals surface area contributed by atoms with Crippen LogP contribution in [0.2, 0.25) is 5.02 Å². The number of methoxy groups -OCH3 is 2. The smallest absolute Gasteiger partial charge is 0.497 e. The van der Waals surface area contributed by atoms with E-state index in [1.807, 2.05) is 54.6 Å². The number of halogens is 1. The highest BCUT2D eigenvalue weighted by molar-refractivity contribution is 7.49. The number of nitrogens with one attached hydrogen (secondary N) is 2. The molecule has 77 heavy (non-hydrogen) atoms. The number of ether oxygens (including phenoxy) is 7. The second kappa shape index (κ2) is 25.2. The number of benzene rings is 4. The highest BCUT2D eigenvalue weighted by Gasteiger charge is 2.54. The van der Waals surface area contributed by atoms with Crippen molar-refractivity contribution in [1.82, 2.24) is 19.1 Å². The fourth-order valence-electron chi connectivity index (χ4n) is 9.46. The normalized spacial score (nSPS) is 22.1. The Balaban J connectivity index is 1.25. The van der Waals surface area contributed by atoms with Crippen molar-refractivity contribution in [2.24, 2.45) is 0 Å². The number of aromatic amines is 2. The maximum absolute atomic E-state index is 15.9. The maximum atomic E-state index is 15.9. The van der Waals surface area contributed by atoms with Gasteiger partial charge in [0.1, 0.15) is 59.5 Å². The van der Waals surface area contributed by atoms with Crippen LogP contribution in [-0.2, 0) is 42.9 Å². The van der Waals surface area contributed by atoms with Crippen LogP contribution in [0.4, 0.5) is 0 Å². The molecule has 0 amide bonds. The van der Waals surface area contributed by atoms with Gasteiger partial charge in [0.2, 0.25) is 0 Å². The van der Waals surface area contributed by atoms with E-state index in [-0.39, 0.29) is 54.9 Å². The van der Waals surface area contributed by atoms with Crippen molar-refractivity contribution in [3.8, 4) is 17.2 Å². The van der Waals surface area contributed by atoms with E-state index >= 15 is 4.57 Å². The van der Waals surface area contributed by atoms with Gasteiger partial charge in [-0.15, -0.1) is 13.2 Å². The number of phosphoric acid groups is 1. The largest absolute Gasteiger partial charge is 0.530 e. The van der Waals surface area contributed by atoms with E-state index in [1.54, 1.807) is 50.6 Å². The lowest BCUT2D eigenvalue weighted by Crippen LogP contribution is -2.44. The van der Waals surface area contributed by atoms with Crippen LogP contribution < -0.4 is 36.5 Å². The number of H-pyrrole nitrogens is 2. The predicted molar refractivity (Wildman–Crippen MR) is 284 cm³/mol. The molecule has 0 spiro atoms. The lowest BCUT2D eigenvalue weighted by Gasteiger charge is -2.37. The highest BCUT2D eigenvalue weighted by Crippen LogP contribution is 2.56. The molecule has 2 aliphatic heterocycles. The lowest BCUT2D eigenvalue weighted by atomic mass is 9.80. The summed E-state index contributed by atoms with van der Waals surface area (Å²) in [5.74, 6) is 1.03. The molecule has 22 heteroatoms. The SMILES string of the molecule is C=CCOC[C@@H]1O[C@@H](COP(=O)(Oc2ccccc2Cl)O[C@@H]2[C@@H](n3cc(C)c(=O)[nH]c3=O)[C@H](COCC=C)O[C@H]2COC(c2ccccc2)(c2ccc(OC)cc2)c2ccc(OC)cc2)[C@H](O)[C@H]1n1cc(C)c(=O)[nH]c1=O. The fourth-order valence-corrected chi connectivity index (χ4v) is 11.1. The zero-order chi connectivity index (χ0) is 54.9. The monoisotopic (exact) mass is 1100 g/mol. The van der Waals surface area contributed by atoms with E-state index in [1.165, 1.54) is 55.1 Å². The highest BCUT2D eigenvalue weighted by atomic mass is 35.5. The summed E-state index contributed by atoms with van der Waals surface area (Å²) in [5.41, 5.74) is -2.03. The lowest BCUT2D eigenvalue weighted by molar-refractivity contribution is -0.0917. The molecule has 4 heterocycles. The summed E-state index contributed by atoms with van der Waals surface area (Å²) >= 11 is 6.65. The van der Waals surface area contributed by atoms with E-state index in [4.69, 9.17) is 58.3 Å². The van der Waals surface area contributed by atoms with Gasteiger partial charge in [0.25, 0.3) is 11.1 Å². The number of hydrogen-bond donors (Lipinski definition) is 3. The number of aliphatic hydroxyl groups excluding tert-OH is 1. The molecule has 0 radical (unpaired) electrons. The van der Waals surface area contributed by atoms with Gasteiger partial charge in [0, 0.05) is 23.5 Å². The van der Waals surface area contributed by atoms with Crippen LogP contribution >= 0.6 is 19.4 Å². The molecule has 20 nitrogen and oxygen atoms in total. The van der Waals surface area contributed by atoms with E-state index in [9.17, 15) is 24.3 Å². The Hall–Kier alpha value is -6.68. The molecule has 3 N–H and O–H groups in total. The summed E-state index contributed by atoms with van der Waals surface area (Å²) in [4.78, 5) is 57.3. The van der Waals surface area contributed by atoms with Crippen LogP contribution in [0.5, 0.6) is 17.2 Å². The number of para-hydroxylation sites is 1. The Bertz CT molecular complexity index is 3230. The fraction of sp³-hybridized carbons (Fsp3) is 0.345. The van der Waals surface area contributed by atoms with Crippen molar-refractivity contribution in [3.63, 3.8) is 0 Å². The predicted octanol–water partition coefficient (Wildman–Crippen LogP) is 6.35. The maximum Gasteiger partial charge on any atom is 0.530 e. The molecule has 408 valence electrons. The molecular formula is C55H60ClN4O16P. The molecule has 0 bridgehead atoms. The topological polar surface area (TPSA) is 239 Å². The van der Waals surface area contributed by atoms with Crippen molar-refractivity contribution in [2.45, 2.75) is 68.2 Å². The Labute approximate surface area is 447 Å². The zero-order valence-electron chi connectivity index (χ0n) is 42.7. The second-order valence-electron chi connectivity index (χ2n) is 18.2. The van der Waals surface area contributed by atoms with Crippen LogP contribution in [0.3, 0.4) is 0 Å². The number of aryl methyl sites for hydroxylation is 2. The number of phosphoric ester groups is 1. The number of rotatable bonds is 25. The molecule has 4 aromatic carbocycles. The Morgan fingerprint density at radius 3 is 1.69 bits per heavy atom. The van der Waals surface area contributed by atoms with Gasteiger partial charge in [0.15, 0.2) is 0 Å². The van der Waals surface area contributed by atoms with Gasteiger partial charge in [-0.25, -0.2) is 14.2 Å². The summed E-state index contributed by atoms with van der Waals surface area (Å²) in [6, 6.07) is 27.8. The van der Waals surface area contributed by atoms with Crippen molar-refractivity contribution in [1.29, 1.82) is 0 Å². The van der Waals surface area contributed by atoms with Crippen molar-refractivity contribution in [3.05, 3.63) is 215 Å². The van der Waals surface area contributed by atoms with E-state index in [2.05, 4.69) is 23.1 Å². The summed E-state index contributed by atoms with van der Waals surface area (Å²) in [6.07, 6.45) is -2.15. The van der Waals surface area contributed by atoms with Gasteiger partial charge in [0.05, 0.1) is 71.0 Å². The minimum Gasteiger partial charge on any atom is -0.497 e. The van der Waals surface area contributed by atoms with Gasteiger partial charge in [-0.1, -0.05) is 90.5 Å². The Morgan fingerprint density at radius 2 is 1.16 bits per heavy atom. The number of nitrogens with zero attached hydrogens (tertiary/aromatic N) is 2. The van der Waals surface area contributed by atoms with E-state index in [0.717, 1.165) is 4.57 Å². The summed E-state index contributed by atoms with van der Waals surface area (Å²) < 4.78 is 80.7. The molecule has 1 unspecified atom stereocenters. The van der Waals surface area contributed by atoms with Crippen molar-refractivity contribution in [2.75, 3.05) is 53.9 Å². The minimum absolute atomic E-state index is 0.0123. The summed E-state index contributed by atoms with van der Waals surface area (Å²) in [7, 11) is -2.03. The summed E-state index contributed by atoms with van der Waals surface area (Å²) in [5, 5.41) is 12.0. The average molecular weight is 1100 g/mol. The Kier molecular flexibility index (Phi) is 18.5. The first kappa shape index (κ1) is 56.5. The van der Waals surface area contributed by atoms with Crippen LogP contribution in [0.25, 0.3) is 0 Å². The van der Waals surface area contributed by atoms with Crippen molar-refractivity contribution >= 4 is 19.4 Å². The zero-order valence-corrected chi connectivity index (χ0v) is 44.3. The molecule has 9 atom stereocenters. The van der Waals surface area contributed by atoms with Gasteiger partial charge < -0.3 is 42.8 Å². The van der Waals surface area contributed by atoms with Crippen molar-refractivity contribution < 1.29 is 56.4 Å². The first-order chi connectivity index (χ1) is 37.1. The molecule has 6 aromatic rings. The van der Waals surface area contributed by atoms with Crippen LogP contribution in [0, 0.1) is 13.8 Å². The number of hydrogen-bond acceptors (Lipinski definition) is 16. The third-order valence-electron chi connectivity index (χ3n) is 13.2. The van der Waals surface area contributed by atoms with Crippen LogP contribution in [0.1, 0.15) is 39.9 Å². The Morgan fingerprint density at radius 1 is 0.662 bits per heavy atom. The minimum atomic E-state index is -5.15. The molecule has 2 fully saturated rings. The third kappa shape index (κ3) is 12.5. The van der Waals surface area contributed by atoms with E-state index < -0.39 is 91.2 Å². The first-order valence-corrected chi connectivity index (χ1v) is 26.3. The molecule has 0 saturated carbocycles. The number of aromatic nitrogens is 4. The summed E-state index contributed by atoms with van der Waals surface area (Å²) in [6.45, 7) is 9.22. The second-order valence-corrected chi connectivity index (χ2v) is 20.1. The quantitative estimate of drug-likeness (QED) is 0.0245. The molecule has 8 rings (SSSR count).